The molecule has 0 aromatic carbocycles. The van der Waals surface area contributed by atoms with Gasteiger partial charge in [-0.3, -0.25) is 0 Å². The predicted molar refractivity (Wildman–Crippen MR) is 66.7 cm³/mol. The quantitative estimate of drug-likeness (QED) is 0.536. The Morgan fingerprint density at radius 3 is 2.80 bits per heavy atom. The molecule has 0 saturated carbocycles. The van der Waals surface area contributed by atoms with Crippen LogP contribution < -0.4 is 0 Å². The third kappa shape index (κ3) is 2.25. The summed E-state index contributed by atoms with van der Waals surface area (Å²) in [6, 6.07) is 0. The molecule has 0 aromatic rings. The summed E-state index contributed by atoms with van der Waals surface area (Å²) in [6.45, 7) is 9.29. The van der Waals surface area contributed by atoms with Gasteiger partial charge in [-0.15, -0.1) is 0 Å². The smallest absolute Gasteiger partial charge is 0.0128 e. The molecule has 0 nitrogen and oxygen atoms in total. The molecule has 0 bridgehead atoms. The predicted octanol–water partition coefficient (Wildman–Crippen LogP) is 4.65. The van der Waals surface area contributed by atoms with Crippen LogP contribution in [-0.2, 0) is 0 Å². The molecule has 0 heteroatoms. The molecule has 2 aliphatic carbocycles. The average molecular weight is 202 g/mol. The highest BCUT2D eigenvalue weighted by molar-refractivity contribution is 5.45. The fourth-order valence-corrected chi connectivity index (χ4v) is 2.80. The lowest BCUT2D eigenvalue weighted by Gasteiger charge is -2.17. The second kappa shape index (κ2) is 3.66. The fraction of sp³-hybridized carbons (Fsp3) is 0.600. The Morgan fingerprint density at radius 1 is 1.33 bits per heavy atom. The molecular formula is C15H22. The summed E-state index contributed by atoms with van der Waals surface area (Å²) in [6.07, 6.45) is 11.0. The van der Waals surface area contributed by atoms with E-state index in [2.05, 4.69) is 45.9 Å². The van der Waals surface area contributed by atoms with E-state index in [4.69, 9.17) is 0 Å². The van der Waals surface area contributed by atoms with Crippen LogP contribution in [0.25, 0.3) is 0 Å². The normalized spacial score (nSPS) is 36.5. The minimum atomic E-state index is 0.375. The van der Waals surface area contributed by atoms with Crippen LogP contribution in [0.2, 0.25) is 0 Å². The molecule has 0 aliphatic heterocycles. The van der Waals surface area contributed by atoms with Crippen molar-refractivity contribution in [1.82, 2.24) is 0 Å². The Kier molecular flexibility index (Phi) is 2.62. The summed E-state index contributed by atoms with van der Waals surface area (Å²) in [7, 11) is 0. The van der Waals surface area contributed by atoms with Gasteiger partial charge in [0.15, 0.2) is 0 Å². The Balaban J connectivity index is 2.40. The van der Waals surface area contributed by atoms with Gasteiger partial charge in [0.05, 0.1) is 0 Å². The fourth-order valence-electron chi connectivity index (χ4n) is 2.80. The Hall–Kier alpha value is -0.780. The van der Waals surface area contributed by atoms with Crippen LogP contribution in [0.15, 0.2) is 34.9 Å². The Morgan fingerprint density at radius 2 is 2.07 bits per heavy atom. The van der Waals surface area contributed by atoms with Gasteiger partial charge in [-0.25, -0.2) is 0 Å². The largest absolute Gasteiger partial charge is 0.0816 e. The first-order valence-corrected chi connectivity index (χ1v) is 6.08. The van der Waals surface area contributed by atoms with Crippen molar-refractivity contribution in [1.29, 1.82) is 0 Å². The molecule has 2 rings (SSSR count). The molecule has 0 saturated heterocycles. The zero-order valence-electron chi connectivity index (χ0n) is 10.4. The van der Waals surface area contributed by atoms with Crippen LogP contribution in [0.5, 0.6) is 0 Å². The maximum Gasteiger partial charge on any atom is -0.0128 e. The molecular weight excluding hydrogens is 180 g/mol. The highest BCUT2D eigenvalue weighted by Gasteiger charge is 2.29. The van der Waals surface area contributed by atoms with Crippen molar-refractivity contribution in [2.24, 2.45) is 11.3 Å². The molecule has 0 heterocycles. The standard InChI is InChI=1S/C15H22/c1-11-6-5-7-12(2)14-10-15(3,4)9-13(14)8-11/h6,8,10,12H,5,7,9H2,1-4H3/b11-6-,13-8-/t12-/m0/s1. The van der Waals surface area contributed by atoms with E-state index in [-0.39, 0.29) is 0 Å². The highest BCUT2D eigenvalue weighted by Crippen LogP contribution is 2.44. The molecule has 0 spiro atoms. The van der Waals surface area contributed by atoms with E-state index in [1.807, 2.05) is 0 Å². The minimum absolute atomic E-state index is 0.375. The molecule has 1 atom stereocenters. The zero-order chi connectivity index (χ0) is 11.1. The molecule has 0 radical (unpaired) electrons. The molecule has 82 valence electrons. The molecule has 0 unspecified atom stereocenters. The lowest BCUT2D eigenvalue weighted by atomic mass is 9.88. The van der Waals surface area contributed by atoms with Gasteiger partial charge in [0, 0.05) is 0 Å². The van der Waals surface area contributed by atoms with Gasteiger partial charge in [0.1, 0.15) is 0 Å². The topological polar surface area (TPSA) is 0 Å². The number of rotatable bonds is 0. The SMILES string of the molecule is CC1=C/CC[C@H](C)C2=CC(C)(C)C\C2=C\1. The third-order valence-electron chi connectivity index (χ3n) is 3.56. The lowest BCUT2D eigenvalue weighted by molar-refractivity contribution is 0.499. The van der Waals surface area contributed by atoms with E-state index < -0.39 is 0 Å². The summed E-state index contributed by atoms with van der Waals surface area (Å²) in [5, 5.41) is 0. The lowest BCUT2D eigenvalue weighted by Crippen LogP contribution is -2.02. The number of hydrogen-bond acceptors (Lipinski definition) is 0. The van der Waals surface area contributed by atoms with Crippen molar-refractivity contribution < 1.29 is 0 Å². The molecule has 0 aromatic heterocycles. The van der Waals surface area contributed by atoms with Crippen LogP contribution in [0, 0.1) is 11.3 Å². The van der Waals surface area contributed by atoms with Gasteiger partial charge in [0.25, 0.3) is 0 Å². The monoisotopic (exact) mass is 202 g/mol. The van der Waals surface area contributed by atoms with Crippen molar-refractivity contribution in [2.75, 3.05) is 0 Å². The minimum Gasteiger partial charge on any atom is -0.0816 e. The van der Waals surface area contributed by atoms with E-state index in [0.29, 0.717) is 5.41 Å². The maximum atomic E-state index is 2.50. The van der Waals surface area contributed by atoms with E-state index in [9.17, 15) is 0 Å². The van der Waals surface area contributed by atoms with Crippen LogP contribution in [0.4, 0.5) is 0 Å². The van der Waals surface area contributed by atoms with Crippen molar-refractivity contribution in [3.05, 3.63) is 34.9 Å². The Labute approximate surface area is 93.8 Å². The average Bonchev–Trinajstić information content (AvgIpc) is 2.39. The third-order valence-corrected chi connectivity index (χ3v) is 3.56. The number of allylic oxidation sites excluding steroid dienone is 6. The van der Waals surface area contributed by atoms with Gasteiger partial charge in [-0.1, -0.05) is 44.6 Å². The van der Waals surface area contributed by atoms with Crippen molar-refractivity contribution in [3.63, 3.8) is 0 Å². The van der Waals surface area contributed by atoms with Crippen LogP contribution in [0.3, 0.4) is 0 Å². The molecule has 0 N–H and O–H groups in total. The second-order valence-electron chi connectivity index (χ2n) is 5.86. The molecule has 15 heavy (non-hydrogen) atoms. The summed E-state index contributed by atoms with van der Waals surface area (Å²) in [5.41, 5.74) is 5.02. The first-order valence-electron chi connectivity index (χ1n) is 6.08. The van der Waals surface area contributed by atoms with Crippen molar-refractivity contribution in [2.45, 2.75) is 47.0 Å². The number of fused-ring (bicyclic) bond motifs is 1. The molecule has 0 fully saturated rings. The van der Waals surface area contributed by atoms with Gasteiger partial charge in [-0.2, -0.15) is 0 Å². The van der Waals surface area contributed by atoms with E-state index in [0.717, 1.165) is 5.92 Å². The van der Waals surface area contributed by atoms with Gasteiger partial charge in [-0.05, 0) is 48.7 Å². The summed E-state index contributed by atoms with van der Waals surface area (Å²) < 4.78 is 0. The highest BCUT2D eigenvalue weighted by atomic mass is 14.3. The first kappa shape index (κ1) is 10.7. The van der Waals surface area contributed by atoms with E-state index in [1.165, 1.54) is 24.8 Å². The summed E-state index contributed by atoms with van der Waals surface area (Å²) >= 11 is 0. The van der Waals surface area contributed by atoms with E-state index >= 15 is 0 Å². The maximum absolute atomic E-state index is 2.50. The second-order valence-corrected chi connectivity index (χ2v) is 5.86. The van der Waals surface area contributed by atoms with Gasteiger partial charge in [0.2, 0.25) is 0 Å². The van der Waals surface area contributed by atoms with Crippen molar-refractivity contribution in [3.8, 4) is 0 Å². The van der Waals surface area contributed by atoms with Crippen LogP contribution in [-0.4, -0.2) is 0 Å². The van der Waals surface area contributed by atoms with E-state index in [1.54, 1.807) is 11.1 Å². The van der Waals surface area contributed by atoms with Crippen LogP contribution >= 0.6 is 0 Å². The molecule has 2 aliphatic rings. The zero-order valence-corrected chi connectivity index (χ0v) is 10.4. The summed E-state index contributed by atoms with van der Waals surface area (Å²) in [4.78, 5) is 0. The molecule has 0 amide bonds. The number of hydrogen-bond donors (Lipinski definition) is 0. The first-order chi connectivity index (χ1) is 6.98. The van der Waals surface area contributed by atoms with Crippen molar-refractivity contribution >= 4 is 0 Å². The Bertz CT molecular complexity index is 350. The van der Waals surface area contributed by atoms with Crippen LogP contribution in [0.1, 0.15) is 47.0 Å². The van der Waals surface area contributed by atoms with Gasteiger partial charge >= 0.3 is 0 Å². The van der Waals surface area contributed by atoms with Gasteiger partial charge < -0.3 is 0 Å². The summed E-state index contributed by atoms with van der Waals surface area (Å²) in [5.74, 6) is 0.738.